The van der Waals surface area contributed by atoms with Gasteiger partial charge in [0, 0.05) is 58.5 Å². The number of ketones is 3. The quantitative estimate of drug-likeness (QED) is 0.0858. The van der Waals surface area contributed by atoms with E-state index >= 15 is 0 Å². The Bertz CT molecular complexity index is 1860. The first-order valence-electron chi connectivity index (χ1n) is 26.1. The Morgan fingerprint density at radius 2 is 1.56 bits per heavy atom. The third-order valence-electron chi connectivity index (χ3n) is 15.2. The van der Waals surface area contributed by atoms with Crippen molar-refractivity contribution in [1.82, 2.24) is 4.90 Å². The first-order valence-corrected chi connectivity index (χ1v) is 26.1. The Hall–Kier alpha value is -3.45. The highest BCUT2D eigenvalue weighted by molar-refractivity contribution is 6.39. The molecule has 2 bridgehead atoms. The van der Waals surface area contributed by atoms with Crippen molar-refractivity contribution in [3.63, 3.8) is 0 Å². The molecule has 1 aliphatic carbocycles. The molecule has 3 fully saturated rings. The lowest BCUT2D eigenvalue weighted by Crippen LogP contribution is -2.61. The Morgan fingerprint density at radius 3 is 2.27 bits per heavy atom. The van der Waals surface area contributed by atoms with Crippen LogP contribution in [0.5, 0.6) is 0 Å². The zero-order valence-electron chi connectivity index (χ0n) is 44.3. The van der Waals surface area contributed by atoms with E-state index in [9.17, 15) is 39.3 Å². The minimum Gasteiger partial charge on any atom is -0.460 e. The summed E-state index contributed by atoms with van der Waals surface area (Å²) in [4.78, 5) is 72.4. The number of allylic oxidation sites excluding steroid dienone is 6. The maximum atomic E-state index is 14.5. The van der Waals surface area contributed by atoms with Gasteiger partial charge in [0.15, 0.2) is 5.78 Å². The van der Waals surface area contributed by atoms with E-state index in [1.165, 1.54) is 12.0 Å². The predicted molar refractivity (Wildman–Crippen MR) is 267 cm³/mol. The van der Waals surface area contributed by atoms with Crippen LogP contribution in [0.3, 0.4) is 0 Å². The molecule has 0 aromatic rings. The van der Waals surface area contributed by atoms with Crippen LogP contribution in [0.15, 0.2) is 47.6 Å². The van der Waals surface area contributed by atoms with E-state index in [1.807, 2.05) is 58.1 Å². The molecular formula is C55H87NO15. The second kappa shape index (κ2) is 29.4. The lowest BCUT2D eigenvalue weighted by molar-refractivity contribution is -0.266. The number of fused-ring (bicyclic) bond motifs is 3. The molecular weight excluding hydrogens is 915 g/mol. The number of carbonyl (C=O) groups is 5. The molecule has 16 heteroatoms. The molecule has 71 heavy (non-hydrogen) atoms. The molecule has 0 aromatic heterocycles. The Kier molecular flexibility index (Phi) is 24.9. The average Bonchev–Trinajstić information content (AvgIpc) is 3.34. The van der Waals surface area contributed by atoms with Crippen molar-refractivity contribution in [2.45, 2.75) is 180 Å². The molecule has 1 unspecified atom stereocenters. The minimum absolute atomic E-state index is 0.00618. The van der Waals surface area contributed by atoms with E-state index in [1.54, 1.807) is 41.1 Å². The van der Waals surface area contributed by atoms with Crippen molar-refractivity contribution >= 4 is 29.2 Å². The SMILES string of the molecule is COCCOCCOC1C[C@@H]2CC[C@@H](C)[C@@](O)(O2)C(=O)C(=O)N2CCCC[C@H]2C(=O)O[C@H]([C@H](C)C[C@@H]2CC[C@@H](O)[C@H](OC)C2)CC(=O)[C@H](C)/C=C(\C)[C@@H](O)[C@@H](OC)C(=O)[C@H](C)C[C@H](C)/C=C/C=C/C=C/1C. The molecule has 3 heterocycles. The van der Waals surface area contributed by atoms with Crippen molar-refractivity contribution in [2.24, 2.45) is 35.5 Å². The number of piperidine rings is 1. The second-order valence-electron chi connectivity index (χ2n) is 20.8. The van der Waals surface area contributed by atoms with Gasteiger partial charge in [-0.25, -0.2) is 4.79 Å². The Labute approximate surface area is 422 Å². The molecule has 1 saturated carbocycles. The molecule has 2 saturated heterocycles. The molecule has 4 rings (SSSR count). The number of hydrogen-bond donors (Lipinski definition) is 3. The molecule has 15 atom stereocenters. The zero-order valence-corrected chi connectivity index (χ0v) is 44.3. The molecule has 402 valence electrons. The van der Waals surface area contributed by atoms with Crippen LogP contribution in [-0.2, 0) is 57.1 Å². The number of hydrogen-bond acceptors (Lipinski definition) is 15. The minimum atomic E-state index is -2.47. The van der Waals surface area contributed by atoms with Crippen LogP contribution < -0.4 is 0 Å². The van der Waals surface area contributed by atoms with Crippen molar-refractivity contribution in [2.75, 3.05) is 54.3 Å². The smallest absolute Gasteiger partial charge is 0.329 e. The summed E-state index contributed by atoms with van der Waals surface area (Å²) < 4.78 is 40.8. The molecule has 1 amide bonds. The highest BCUT2D eigenvalue weighted by Gasteiger charge is 2.53. The maximum absolute atomic E-state index is 14.5. The van der Waals surface area contributed by atoms with Gasteiger partial charge in [0.05, 0.1) is 50.8 Å². The number of esters is 1. The van der Waals surface area contributed by atoms with Crippen molar-refractivity contribution < 1.29 is 72.5 Å². The van der Waals surface area contributed by atoms with Gasteiger partial charge in [-0.3, -0.25) is 19.2 Å². The molecule has 3 aliphatic heterocycles. The summed E-state index contributed by atoms with van der Waals surface area (Å²) in [6.07, 6.45) is 10.7. The summed E-state index contributed by atoms with van der Waals surface area (Å²) in [7, 11) is 4.54. The zero-order chi connectivity index (χ0) is 52.4. The van der Waals surface area contributed by atoms with E-state index in [-0.39, 0.29) is 67.8 Å². The Morgan fingerprint density at radius 1 is 0.831 bits per heavy atom. The second-order valence-corrected chi connectivity index (χ2v) is 20.8. The van der Waals surface area contributed by atoms with E-state index in [2.05, 4.69) is 0 Å². The van der Waals surface area contributed by atoms with Gasteiger partial charge < -0.3 is 53.4 Å². The molecule has 0 radical (unpaired) electrons. The van der Waals surface area contributed by atoms with E-state index < -0.39 is 83.9 Å². The topological polar surface area (TPSA) is 214 Å². The fourth-order valence-electron chi connectivity index (χ4n) is 10.5. The average molecular weight is 1000 g/mol. The van der Waals surface area contributed by atoms with Gasteiger partial charge >= 0.3 is 5.97 Å². The lowest BCUT2D eigenvalue weighted by atomic mass is 9.78. The number of Topliss-reactive ketones (excluding diaryl/α,β-unsaturated/α-hetero) is 3. The fraction of sp³-hybridized carbons (Fsp3) is 0.764. The van der Waals surface area contributed by atoms with Gasteiger partial charge in [-0.05, 0) is 107 Å². The molecule has 3 N–H and O–H groups in total. The molecule has 0 aromatic carbocycles. The monoisotopic (exact) mass is 1000 g/mol. The number of nitrogens with zero attached hydrogens (tertiary/aromatic N) is 1. The van der Waals surface area contributed by atoms with Gasteiger partial charge in [-0.2, -0.15) is 0 Å². The summed E-state index contributed by atoms with van der Waals surface area (Å²) in [5.41, 5.74) is 1.23. The number of cyclic esters (lactones) is 1. The third kappa shape index (κ3) is 17.3. The number of aliphatic hydroxyl groups excluding tert-OH is 2. The number of ether oxygens (including phenoxy) is 7. The van der Waals surface area contributed by atoms with Crippen LogP contribution >= 0.6 is 0 Å². The third-order valence-corrected chi connectivity index (χ3v) is 15.2. The van der Waals surface area contributed by atoms with Crippen molar-refractivity contribution in [3.8, 4) is 0 Å². The summed E-state index contributed by atoms with van der Waals surface area (Å²) in [5, 5.41) is 34.1. The number of carbonyl (C=O) groups excluding carboxylic acids is 5. The van der Waals surface area contributed by atoms with Crippen LogP contribution in [0, 0.1) is 35.5 Å². The summed E-state index contributed by atoms with van der Waals surface area (Å²) >= 11 is 0. The standard InChI is InChI=1S/C55H87NO15/c1-34-16-12-11-13-17-35(2)46(69-27-26-68-25-24-65-8)32-42-21-19-40(7)55(64,71-42)52(61)53(62)56-23-15-14-18-43(56)54(63)70-47(37(4)30-41-20-22-44(57)48(31-41)66-9)33-45(58)36(3)29-39(6)50(60)51(67-10)49(59)38(5)28-34/h11-13,16-17,29,34,36-38,40-44,46-48,50-51,57,60,64H,14-15,18-28,30-33H2,1-10H3/b13-11+,16-12+,35-17+,39-29+/t34-,36-,37-,38-,40-,41+,42+,43+,44-,46?,47+,48-,50-,51+,55-/m1/s1. The van der Waals surface area contributed by atoms with Crippen molar-refractivity contribution in [3.05, 3.63) is 47.6 Å². The Balaban J connectivity index is 1.71. The summed E-state index contributed by atoms with van der Waals surface area (Å²) in [6, 6.07) is -1.16. The molecule has 16 nitrogen and oxygen atoms in total. The van der Waals surface area contributed by atoms with Crippen LogP contribution in [0.1, 0.15) is 126 Å². The van der Waals surface area contributed by atoms with Gasteiger partial charge in [-0.1, -0.05) is 71.1 Å². The highest BCUT2D eigenvalue weighted by Crippen LogP contribution is 2.38. The first-order chi connectivity index (χ1) is 33.7. The van der Waals surface area contributed by atoms with Gasteiger partial charge in [0.2, 0.25) is 5.79 Å². The predicted octanol–water partition coefficient (Wildman–Crippen LogP) is 6.21. The summed E-state index contributed by atoms with van der Waals surface area (Å²) in [6.45, 7) is 14.1. The lowest BCUT2D eigenvalue weighted by Gasteiger charge is -2.43. The number of methoxy groups -OCH3 is 3. The normalized spacial score (nSPS) is 38.0. The van der Waals surface area contributed by atoms with Crippen LogP contribution in [0.2, 0.25) is 0 Å². The van der Waals surface area contributed by atoms with Crippen LogP contribution in [0.4, 0.5) is 0 Å². The number of aliphatic hydroxyl groups is 3. The number of amides is 1. The molecule has 0 spiro atoms. The van der Waals surface area contributed by atoms with Gasteiger partial charge in [0.1, 0.15) is 30.1 Å². The maximum Gasteiger partial charge on any atom is 0.329 e. The fourth-order valence-corrected chi connectivity index (χ4v) is 10.5. The first kappa shape index (κ1) is 60.1. The van der Waals surface area contributed by atoms with E-state index in [0.717, 1.165) is 5.57 Å². The van der Waals surface area contributed by atoms with Crippen molar-refractivity contribution in [1.29, 1.82) is 0 Å². The van der Waals surface area contributed by atoms with Gasteiger partial charge in [0.25, 0.3) is 11.7 Å². The van der Waals surface area contributed by atoms with E-state index in [4.69, 9.17) is 33.2 Å². The van der Waals surface area contributed by atoms with Crippen LogP contribution in [0.25, 0.3) is 0 Å². The van der Waals surface area contributed by atoms with E-state index in [0.29, 0.717) is 83.2 Å². The highest BCUT2D eigenvalue weighted by atomic mass is 16.6. The molecule has 4 aliphatic rings. The summed E-state index contributed by atoms with van der Waals surface area (Å²) in [5.74, 6) is -8.18. The van der Waals surface area contributed by atoms with Crippen LogP contribution in [-0.4, -0.2) is 158 Å². The number of rotatable bonds is 12. The van der Waals surface area contributed by atoms with Gasteiger partial charge in [-0.15, -0.1) is 0 Å². The largest absolute Gasteiger partial charge is 0.460 e.